The van der Waals surface area contributed by atoms with Crippen molar-refractivity contribution in [2.45, 2.75) is 6.92 Å². The van der Waals surface area contributed by atoms with Crippen LogP contribution in [0.2, 0.25) is 0 Å². The van der Waals surface area contributed by atoms with E-state index in [-0.39, 0.29) is 11.5 Å². The lowest BCUT2D eigenvalue weighted by Gasteiger charge is -2.01. The molecule has 0 saturated carbocycles. The van der Waals surface area contributed by atoms with Crippen molar-refractivity contribution in [2.24, 2.45) is 0 Å². The van der Waals surface area contributed by atoms with Crippen LogP contribution in [-0.2, 0) is 0 Å². The van der Waals surface area contributed by atoms with Gasteiger partial charge in [0, 0.05) is 23.3 Å². The van der Waals surface area contributed by atoms with E-state index < -0.39 is 0 Å². The molecule has 0 aliphatic carbocycles. The van der Waals surface area contributed by atoms with E-state index in [1.165, 1.54) is 17.5 Å². The molecule has 6 aromatic rings. The Morgan fingerprint density at radius 3 is 2.76 bits per heavy atom. The predicted octanol–water partition coefficient (Wildman–Crippen LogP) is 4.59. The number of aromatic nitrogens is 7. The van der Waals surface area contributed by atoms with E-state index in [0.29, 0.717) is 38.9 Å². The molecule has 0 radical (unpaired) electrons. The van der Waals surface area contributed by atoms with Crippen LogP contribution in [-0.4, -0.2) is 46.0 Å². The summed E-state index contributed by atoms with van der Waals surface area (Å²) in [6.45, 7) is 1.55. The summed E-state index contributed by atoms with van der Waals surface area (Å²) in [7, 11) is 0. The maximum Gasteiger partial charge on any atom is 0.169 e. The molecule has 33 heavy (non-hydrogen) atoms. The molecular weight excluding hydrogens is 438 g/mol. The van der Waals surface area contributed by atoms with E-state index in [1.807, 2.05) is 24.3 Å². The Morgan fingerprint density at radius 2 is 1.94 bits per heavy atom. The van der Waals surface area contributed by atoms with E-state index >= 15 is 0 Å². The number of ketones is 1. The number of aromatic amines is 2. The van der Waals surface area contributed by atoms with E-state index in [0.717, 1.165) is 21.3 Å². The van der Waals surface area contributed by atoms with Gasteiger partial charge in [-0.05, 0) is 37.3 Å². The summed E-state index contributed by atoms with van der Waals surface area (Å²) in [5, 5.41) is 18.0. The van der Waals surface area contributed by atoms with Gasteiger partial charge in [-0.15, -0.1) is 11.3 Å². The van der Waals surface area contributed by atoms with Gasteiger partial charge in [-0.3, -0.25) is 24.8 Å². The third-order valence-electron chi connectivity index (χ3n) is 5.28. The fourth-order valence-corrected chi connectivity index (χ4v) is 4.60. The van der Waals surface area contributed by atoms with Crippen molar-refractivity contribution in [1.82, 2.24) is 35.1 Å². The molecule has 6 rings (SSSR count). The van der Waals surface area contributed by atoms with Crippen LogP contribution in [0.4, 0.5) is 0 Å². The maximum absolute atomic E-state index is 11.7. The van der Waals surface area contributed by atoms with Crippen LogP contribution in [0.15, 0.2) is 55.1 Å². The van der Waals surface area contributed by atoms with E-state index in [1.54, 1.807) is 31.6 Å². The van der Waals surface area contributed by atoms with Crippen LogP contribution in [0.5, 0.6) is 5.75 Å². The number of hydrogen-bond acceptors (Lipinski definition) is 8. The number of fused-ring (bicyclic) bond motifs is 2. The van der Waals surface area contributed by atoms with Gasteiger partial charge in [0.2, 0.25) is 0 Å². The van der Waals surface area contributed by atoms with Crippen molar-refractivity contribution < 1.29 is 9.90 Å². The molecule has 0 unspecified atom stereocenters. The smallest absolute Gasteiger partial charge is 0.169 e. The maximum atomic E-state index is 11.7. The van der Waals surface area contributed by atoms with Gasteiger partial charge in [0.05, 0.1) is 38.9 Å². The topological polar surface area (TPSA) is 133 Å². The molecule has 0 saturated heterocycles. The molecule has 6 aromatic heterocycles. The summed E-state index contributed by atoms with van der Waals surface area (Å²) in [4.78, 5) is 34.4. The highest BCUT2D eigenvalue weighted by Gasteiger charge is 2.18. The molecule has 160 valence electrons. The molecule has 10 heteroatoms. The minimum Gasteiger partial charge on any atom is -0.506 e. The third-order valence-corrected chi connectivity index (χ3v) is 6.47. The lowest BCUT2D eigenvalue weighted by molar-refractivity contribution is 0.102. The average molecular weight is 453 g/mol. The molecule has 0 spiro atoms. The molecule has 6 heterocycles. The van der Waals surface area contributed by atoms with Gasteiger partial charge in [0.15, 0.2) is 11.6 Å². The summed E-state index contributed by atoms with van der Waals surface area (Å²) < 4.78 is 0. The van der Waals surface area contributed by atoms with Gasteiger partial charge >= 0.3 is 0 Å². The number of carbonyl (C=O) groups excluding carboxylic acids is 1. The Labute approximate surface area is 190 Å². The second kappa shape index (κ2) is 7.31. The highest BCUT2D eigenvalue weighted by Crippen LogP contribution is 2.34. The number of carbonyl (C=O) groups is 1. The molecule has 0 atom stereocenters. The largest absolute Gasteiger partial charge is 0.506 e. The third kappa shape index (κ3) is 3.24. The summed E-state index contributed by atoms with van der Waals surface area (Å²) in [5.41, 5.74) is 4.97. The Morgan fingerprint density at radius 1 is 1.03 bits per heavy atom. The summed E-state index contributed by atoms with van der Waals surface area (Å²) in [6.07, 6.45) is 6.42. The van der Waals surface area contributed by atoms with Gasteiger partial charge in [0.1, 0.15) is 22.7 Å². The number of rotatable bonds is 4. The number of pyridine rings is 3. The standard InChI is InChI=1S/C23H15N7O2S/c1-11(31)18-2-3-19(33-18)22-21-15(4-5-25-22)27-23(28-21)20-14-7-16(26-10-17(14)29-30-20)12-6-13(32)9-24-8-12/h2-10,32H,1H3,(H,27,28)(H,29,30). The van der Waals surface area contributed by atoms with Gasteiger partial charge in [-0.25, -0.2) is 4.98 Å². The Balaban J connectivity index is 1.48. The number of aromatic hydroxyl groups is 1. The Hall–Kier alpha value is -4.44. The Bertz CT molecular complexity index is 1680. The first kappa shape index (κ1) is 19.3. The number of nitrogens with zero attached hydrogens (tertiary/aromatic N) is 5. The first-order chi connectivity index (χ1) is 16.1. The van der Waals surface area contributed by atoms with Gasteiger partial charge in [-0.2, -0.15) is 5.10 Å². The predicted molar refractivity (Wildman–Crippen MR) is 125 cm³/mol. The second-order valence-electron chi connectivity index (χ2n) is 7.48. The second-order valence-corrected chi connectivity index (χ2v) is 8.56. The molecule has 0 fully saturated rings. The van der Waals surface area contributed by atoms with Crippen molar-refractivity contribution in [1.29, 1.82) is 0 Å². The fourth-order valence-electron chi connectivity index (χ4n) is 3.71. The quantitative estimate of drug-likeness (QED) is 0.332. The minimum absolute atomic E-state index is 0.0236. The van der Waals surface area contributed by atoms with Crippen molar-refractivity contribution in [3.63, 3.8) is 0 Å². The zero-order chi connectivity index (χ0) is 22.5. The molecule has 0 aliphatic heterocycles. The molecular formula is C23H15N7O2S. The number of nitrogens with one attached hydrogen (secondary N) is 2. The lowest BCUT2D eigenvalue weighted by atomic mass is 10.1. The van der Waals surface area contributed by atoms with Crippen LogP contribution in [0.3, 0.4) is 0 Å². The molecule has 9 nitrogen and oxygen atoms in total. The molecule has 0 amide bonds. The van der Waals surface area contributed by atoms with Crippen molar-refractivity contribution in [2.75, 3.05) is 0 Å². The number of thiophene rings is 1. The van der Waals surface area contributed by atoms with Crippen LogP contribution < -0.4 is 0 Å². The Kier molecular flexibility index (Phi) is 4.27. The van der Waals surface area contributed by atoms with Crippen molar-refractivity contribution in [3.8, 4) is 39.1 Å². The zero-order valence-electron chi connectivity index (χ0n) is 17.2. The fraction of sp³-hybridized carbons (Fsp3) is 0.0435. The van der Waals surface area contributed by atoms with Crippen molar-refractivity contribution >= 4 is 39.1 Å². The van der Waals surface area contributed by atoms with Crippen LogP contribution in [0.1, 0.15) is 16.6 Å². The highest BCUT2D eigenvalue weighted by atomic mass is 32.1. The zero-order valence-corrected chi connectivity index (χ0v) is 18.0. The number of hydrogen-bond donors (Lipinski definition) is 3. The number of H-pyrrole nitrogens is 2. The van der Waals surface area contributed by atoms with Gasteiger partial charge in [-0.1, -0.05) is 0 Å². The summed E-state index contributed by atoms with van der Waals surface area (Å²) >= 11 is 1.40. The monoisotopic (exact) mass is 453 g/mol. The van der Waals surface area contributed by atoms with Crippen molar-refractivity contribution in [3.05, 3.63) is 60.0 Å². The molecule has 3 N–H and O–H groups in total. The molecule has 0 aromatic carbocycles. The highest BCUT2D eigenvalue weighted by molar-refractivity contribution is 7.17. The first-order valence-electron chi connectivity index (χ1n) is 10.0. The lowest BCUT2D eigenvalue weighted by Crippen LogP contribution is -1.86. The number of imidazole rings is 1. The summed E-state index contributed by atoms with van der Waals surface area (Å²) in [6, 6.07) is 9.05. The molecule has 0 bridgehead atoms. The summed E-state index contributed by atoms with van der Waals surface area (Å²) in [5.74, 6) is 0.677. The van der Waals surface area contributed by atoms with Gasteiger partial charge < -0.3 is 10.1 Å². The molecule has 0 aliphatic rings. The van der Waals surface area contributed by atoms with Crippen LogP contribution in [0, 0.1) is 0 Å². The minimum atomic E-state index is 0.0236. The van der Waals surface area contributed by atoms with E-state index in [9.17, 15) is 9.90 Å². The van der Waals surface area contributed by atoms with Crippen LogP contribution >= 0.6 is 11.3 Å². The number of Topliss-reactive ketones (excluding diaryl/α,β-unsaturated/α-hetero) is 1. The van der Waals surface area contributed by atoms with E-state index in [2.05, 4.69) is 30.1 Å². The SMILES string of the molecule is CC(=O)c1ccc(-c2nccc3[nH]c(-c4n[nH]c5cnc(-c6cncc(O)c6)cc45)nc23)s1. The normalized spacial score (nSPS) is 11.4. The van der Waals surface area contributed by atoms with Gasteiger partial charge in [0.25, 0.3) is 0 Å². The van der Waals surface area contributed by atoms with Crippen LogP contribution in [0.25, 0.3) is 55.3 Å². The average Bonchev–Trinajstić information content (AvgIpc) is 3.55. The van der Waals surface area contributed by atoms with E-state index in [4.69, 9.17) is 4.98 Å². The first-order valence-corrected chi connectivity index (χ1v) is 10.8.